The highest BCUT2D eigenvalue weighted by Crippen LogP contribution is 2.03. The van der Waals surface area contributed by atoms with Crippen molar-refractivity contribution in [1.29, 1.82) is 0 Å². The summed E-state index contributed by atoms with van der Waals surface area (Å²) in [6.07, 6.45) is -0.0228. The van der Waals surface area contributed by atoms with Crippen molar-refractivity contribution in [1.82, 2.24) is 15.5 Å². The second-order valence-electron chi connectivity index (χ2n) is 3.96. The number of carboxylic acid groups (broad SMARTS) is 1. The number of carboxylic acids is 1. The summed E-state index contributed by atoms with van der Waals surface area (Å²) < 4.78 is 5.28. The van der Waals surface area contributed by atoms with Crippen LogP contribution in [-0.2, 0) is 14.3 Å². The van der Waals surface area contributed by atoms with Gasteiger partial charge in [-0.3, -0.25) is 9.59 Å². The Balaban J connectivity index is 2.23. The lowest BCUT2D eigenvalue weighted by Gasteiger charge is -2.31. The molecule has 0 aromatic rings. The number of hydrogen-bond acceptors (Lipinski definition) is 4. The monoisotopic (exact) mass is 259 g/mol. The first kappa shape index (κ1) is 14.2. The molecule has 0 aliphatic carbocycles. The number of rotatable bonds is 4. The van der Waals surface area contributed by atoms with E-state index >= 15 is 0 Å². The van der Waals surface area contributed by atoms with Gasteiger partial charge in [-0.25, -0.2) is 4.79 Å². The summed E-state index contributed by atoms with van der Waals surface area (Å²) in [5, 5.41) is 12.9. The third kappa shape index (κ3) is 5.00. The van der Waals surface area contributed by atoms with Crippen molar-refractivity contribution in [3.63, 3.8) is 0 Å². The first-order valence-electron chi connectivity index (χ1n) is 5.62. The average Bonchev–Trinajstić information content (AvgIpc) is 2.33. The molecule has 3 amide bonds. The minimum Gasteiger partial charge on any atom is -0.480 e. The number of nitrogens with zero attached hydrogens (tertiary/aromatic N) is 1. The number of carbonyl (C=O) groups excluding carboxylic acids is 2. The molecule has 0 spiro atoms. The maximum Gasteiger partial charge on any atom is 0.322 e. The fourth-order valence-electron chi connectivity index (χ4n) is 1.51. The van der Waals surface area contributed by atoms with Crippen LogP contribution in [0.2, 0.25) is 0 Å². The number of urea groups is 1. The summed E-state index contributed by atoms with van der Waals surface area (Å²) in [4.78, 5) is 34.6. The molecule has 1 aliphatic heterocycles. The molecule has 0 aromatic heterocycles. The predicted molar refractivity (Wildman–Crippen MR) is 61.0 cm³/mol. The number of morpholine rings is 1. The first-order chi connectivity index (χ1) is 8.49. The van der Waals surface area contributed by atoms with Crippen LogP contribution in [0.3, 0.4) is 0 Å². The van der Waals surface area contributed by atoms with Crippen LogP contribution in [0.25, 0.3) is 0 Å². The van der Waals surface area contributed by atoms with Gasteiger partial charge in [-0.2, -0.15) is 0 Å². The standard InChI is InChI=1S/C10H17N3O5/c1-7-6-13(2-3-18-7)10(17)12-4-8(14)11-5-9(15)16/h7H,2-6H2,1H3,(H,11,14)(H,12,17)(H,15,16). The van der Waals surface area contributed by atoms with Gasteiger partial charge in [-0.1, -0.05) is 0 Å². The molecular formula is C10H17N3O5. The van der Waals surface area contributed by atoms with Gasteiger partial charge in [0.1, 0.15) is 6.54 Å². The Labute approximate surface area is 104 Å². The zero-order valence-electron chi connectivity index (χ0n) is 10.1. The minimum atomic E-state index is -1.13. The Hall–Kier alpha value is -1.83. The lowest BCUT2D eigenvalue weighted by atomic mass is 10.3. The van der Waals surface area contributed by atoms with E-state index in [1.54, 1.807) is 4.90 Å². The molecule has 18 heavy (non-hydrogen) atoms. The number of nitrogens with one attached hydrogen (secondary N) is 2. The predicted octanol–water partition coefficient (Wildman–Crippen LogP) is -1.38. The zero-order chi connectivity index (χ0) is 13.5. The second-order valence-corrected chi connectivity index (χ2v) is 3.96. The Morgan fingerprint density at radius 3 is 2.67 bits per heavy atom. The highest BCUT2D eigenvalue weighted by atomic mass is 16.5. The van der Waals surface area contributed by atoms with Gasteiger partial charge in [-0.05, 0) is 6.92 Å². The van der Waals surface area contributed by atoms with Gasteiger partial charge in [0.2, 0.25) is 5.91 Å². The minimum absolute atomic E-state index is 0.0228. The SMILES string of the molecule is CC1CN(C(=O)NCC(=O)NCC(=O)O)CCO1. The summed E-state index contributed by atoms with van der Waals surface area (Å²) in [6, 6.07) is -0.351. The Bertz CT molecular complexity index is 333. The molecule has 1 atom stereocenters. The van der Waals surface area contributed by atoms with E-state index in [1.807, 2.05) is 6.92 Å². The number of hydrogen-bond donors (Lipinski definition) is 3. The average molecular weight is 259 g/mol. The van der Waals surface area contributed by atoms with Crippen LogP contribution in [0.4, 0.5) is 4.79 Å². The van der Waals surface area contributed by atoms with Crippen molar-refractivity contribution in [3.8, 4) is 0 Å². The summed E-state index contributed by atoms with van der Waals surface area (Å²) in [5.41, 5.74) is 0. The van der Waals surface area contributed by atoms with Crippen molar-refractivity contribution in [2.45, 2.75) is 13.0 Å². The maximum absolute atomic E-state index is 11.6. The molecular weight excluding hydrogens is 242 g/mol. The van der Waals surface area contributed by atoms with Crippen molar-refractivity contribution in [2.75, 3.05) is 32.8 Å². The third-order valence-corrected chi connectivity index (χ3v) is 2.37. The van der Waals surface area contributed by atoms with Gasteiger partial charge in [0.15, 0.2) is 0 Å². The van der Waals surface area contributed by atoms with Crippen molar-refractivity contribution in [2.24, 2.45) is 0 Å². The zero-order valence-corrected chi connectivity index (χ0v) is 10.1. The van der Waals surface area contributed by atoms with Gasteiger partial charge in [0, 0.05) is 13.1 Å². The Morgan fingerprint density at radius 1 is 1.33 bits per heavy atom. The third-order valence-electron chi connectivity index (χ3n) is 2.37. The van der Waals surface area contributed by atoms with Crippen molar-refractivity contribution >= 4 is 17.9 Å². The molecule has 1 saturated heterocycles. The fourth-order valence-corrected chi connectivity index (χ4v) is 1.51. The van der Waals surface area contributed by atoms with Crippen LogP contribution in [0.1, 0.15) is 6.92 Å². The maximum atomic E-state index is 11.6. The highest BCUT2D eigenvalue weighted by molar-refractivity contribution is 5.86. The Kier molecular flexibility index (Phi) is 5.37. The van der Waals surface area contributed by atoms with Gasteiger partial charge in [0.25, 0.3) is 0 Å². The van der Waals surface area contributed by atoms with Crippen LogP contribution in [-0.4, -0.2) is 66.8 Å². The second kappa shape index (κ2) is 6.80. The molecule has 8 heteroatoms. The largest absolute Gasteiger partial charge is 0.480 e. The molecule has 0 saturated carbocycles. The molecule has 1 rings (SSSR count). The number of ether oxygens (including phenoxy) is 1. The molecule has 0 bridgehead atoms. The van der Waals surface area contributed by atoms with Crippen LogP contribution < -0.4 is 10.6 Å². The van der Waals surface area contributed by atoms with Crippen LogP contribution >= 0.6 is 0 Å². The van der Waals surface area contributed by atoms with E-state index < -0.39 is 18.4 Å². The Morgan fingerprint density at radius 2 is 2.06 bits per heavy atom. The highest BCUT2D eigenvalue weighted by Gasteiger charge is 2.21. The summed E-state index contributed by atoms with van der Waals surface area (Å²) >= 11 is 0. The quantitative estimate of drug-likeness (QED) is 0.576. The first-order valence-corrected chi connectivity index (χ1v) is 5.62. The molecule has 1 heterocycles. The van der Waals surface area contributed by atoms with Crippen LogP contribution in [0.15, 0.2) is 0 Å². The van der Waals surface area contributed by atoms with Crippen molar-refractivity contribution < 1.29 is 24.2 Å². The van der Waals surface area contributed by atoms with Crippen LogP contribution in [0.5, 0.6) is 0 Å². The lowest BCUT2D eigenvalue weighted by molar-refractivity contribution is -0.137. The number of amides is 3. The molecule has 1 fully saturated rings. The summed E-state index contributed by atoms with van der Waals surface area (Å²) in [7, 11) is 0. The summed E-state index contributed by atoms with van der Waals surface area (Å²) in [5.74, 6) is -1.66. The van der Waals surface area contributed by atoms with E-state index in [-0.39, 0.29) is 18.7 Å². The molecule has 0 radical (unpaired) electrons. The van der Waals surface area contributed by atoms with Gasteiger partial charge >= 0.3 is 12.0 Å². The van der Waals surface area contributed by atoms with E-state index in [1.165, 1.54) is 0 Å². The van der Waals surface area contributed by atoms with Gasteiger partial charge in [-0.15, -0.1) is 0 Å². The van der Waals surface area contributed by atoms with E-state index in [0.29, 0.717) is 19.7 Å². The molecule has 8 nitrogen and oxygen atoms in total. The lowest BCUT2D eigenvalue weighted by Crippen LogP contribution is -2.50. The van der Waals surface area contributed by atoms with Gasteiger partial charge < -0.3 is 25.4 Å². The van der Waals surface area contributed by atoms with E-state index in [4.69, 9.17) is 9.84 Å². The normalized spacial score (nSPS) is 19.2. The van der Waals surface area contributed by atoms with E-state index in [9.17, 15) is 14.4 Å². The molecule has 102 valence electrons. The number of aliphatic carboxylic acids is 1. The van der Waals surface area contributed by atoms with Crippen LogP contribution in [0, 0.1) is 0 Å². The van der Waals surface area contributed by atoms with Gasteiger partial charge in [0.05, 0.1) is 19.3 Å². The van der Waals surface area contributed by atoms with E-state index in [2.05, 4.69) is 10.6 Å². The molecule has 3 N–H and O–H groups in total. The smallest absolute Gasteiger partial charge is 0.322 e. The topological polar surface area (TPSA) is 108 Å². The molecule has 0 aromatic carbocycles. The van der Waals surface area contributed by atoms with Crippen molar-refractivity contribution in [3.05, 3.63) is 0 Å². The molecule has 1 aliphatic rings. The van der Waals surface area contributed by atoms with E-state index in [0.717, 1.165) is 0 Å². The summed E-state index contributed by atoms with van der Waals surface area (Å²) in [6.45, 7) is 2.59. The fraction of sp³-hybridized carbons (Fsp3) is 0.700. The molecule has 1 unspecified atom stereocenters. The number of carbonyl (C=O) groups is 3.